The van der Waals surface area contributed by atoms with E-state index in [9.17, 15) is 17.6 Å². The molecule has 0 heterocycles. The predicted molar refractivity (Wildman–Crippen MR) is 127 cm³/mol. The lowest BCUT2D eigenvalue weighted by Crippen LogP contribution is -2.13. The number of aryl methyl sites for hydroxylation is 1. The van der Waals surface area contributed by atoms with E-state index in [4.69, 9.17) is 0 Å². The van der Waals surface area contributed by atoms with Gasteiger partial charge in [-0.25, -0.2) is 17.6 Å². The van der Waals surface area contributed by atoms with Gasteiger partial charge in [0.1, 0.15) is 5.56 Å². The molecule has 3 rings (SSSR count). The number of nitrogens with zero attached hydrogens (tertiary/aromatic N) is 1. The van der Waals surface area contributed by atoms with E-state index < -0.39 is 34.5 Å². The molecule has 0 amide bonds. The van der Waals surface area contributed by atoms with Crippen molar-refractivity contribution in [1.29, 1.82) is 0 Å². The summed E-state index contributed by atoms with van der Waals surface area (Å²) in [5, 5.41) is 1.71. The first-order valence-corrected chi connectivity index (χ1v) is 11.8. The van der Waals surface area contributed by atoms with E-state index in [0.717, 1.165) is 24.3 Å². The highest BCUT2D eigenvalue weighted by Crippen LogP contribution is 2.38. The summed E-state index contributed by atoms with van der Waals surface area (Å²) in [6.07, 6.45) is 10.00. The monoisotopic (exact) mass is 473 g/mol. The van der Waals surface area contributed by atoms with Gasteiger partial charge in [0.15, 0.2) is 29.0 Å². The summed E-state index contributed by atoms with van der Waals surface area (Å²) in [5.41, 5.74) is 0.521. The van der Waals surface area contributed by atoms with Crippen LogP contribution in [0.4, 0.5) is 23.2 Å². The third-order valence-electron chi connectivity index (χ3n) is 6.50. The Balaban J connectivity index is 1.76. The fourth-order valence-electron chi connectivity index (χ4n) is 4.55. The molecule has 0 spiro atoms. The van der Waals surface area contributed by atoms with Crippen LogP contribution < -0.4 is 0 Å². The highest BCUT2D eigenvalue weighted by Gasteiger charge is 2.25. The minimum Gasteiger partial charge on any atom is -0.202 e. The molecule has 1 aliphatic rings. The number of benzene rings is 2. The summed E-state index contributed by atoms with van der Waals surface area (Å²) in [6.45, 7) is 4.10. The maximum absolute atomic E-state index is 14.3. The molecule has 6 heteroatoms. The average Bonchev–Trinajstić information content (AvgIpc) is 2.82. The number of unbranched alkanes of at least 4 members (excludes halogenated alkanes) is 2. The van der Waals surface area contributed by atoms with E-state index in [1.807, 2.05) is 13.0 Å². The molecule has 0 aliphatic heterocycles. The lowest BCUT2D eigenvalue weighted by Gasteiger charge is -2.29. The molecule has 0 saturated heterocycles. The van der Waals surface area contributed by atoms with Gasteiger partial charge in [-0.1, -0.05) is 56.6 Å². The summed E-state index contributed by atoms with van der Waals surface area (Å²) in [5.74, 6) is -0.266. The van der Waals surface area contributed by atoms with Gasteiger partial charge in [0.25, 0.3) is 0 Å². The number of hydrogen-bond acceptors (Lipinski definition) is 2. The highest BCUT2D eigenvalue weighted by atomic mass is 32.1. The normalized spacial score (nSPS) is 17.8. The molecule has 0 unspecified atom stereocenters. The van der Waals surface area contributed by atoms with Crippen molar-refractivity contribution < 1.29 is 17.6 Å². The van der Waals surface area contributed by atoms with Crippen molar-refractivity contribution in [1.82, 2.24) is 0 Å². The Morgan fingerprint density at radius 1 is 0.939 bits per heavy atom. The smallest absolute Gasteiger partial charge is 0.189 e. The molecule has 0 aromatic heterocycles. The zero-order chi connectivity index (χ0) is 24.0. The molecule has 2 aromatic rings. The zero-order valence-corrected chi connectivity index (χ0v) is 19.7. The molecule has 174 valence electrons. The number of isothiocyanates is 1. The van der Waals surface area contributed by atoms with Crippen LogP contribution in [0.5, 0.6) is 0 Å². The topological polar surface area (TPSA) is 12.4 Å². The number of halogens is 4. The second-order valence-corrected chi connectivity index (χ2v) is 8.90. The van der Waals surface area contributed by atoms with Crippen molar-refractivity contribution >= 4 is 23.1 Å². The van der Waals surface area contributed by atoms with Gasteiger partial charge in [-0.15, -0.1) is 0 Å². The molecular weight excluding hydrogens is 446 g/mol. The molecule has 1 nitrogen and oxygen atoms in total. The minimum absolute atomic E-state index is 0.500. The van der Waals surface area contributed by atoms with Gasteiger partial charge < -0.3 is 0 Å². The summed E-state index contributed by atoms with van der Waals surface area (Å²) in [6, 6.07) is 5.85. The summed E-state index contributed by atoms with van der Waals surface area (Å²) in [7, 11) is 0. The SMILES string of the molecule is CCCCCC1CCC(c2ccc(C#Cc3c(F)c(F)c(N=C=S)c(F)c3F)c(C)c2)CC1. The van der Waals surface area contributed by atoms with Crippen molar-refractivity contribution in [3.05, 3.63) is 63.7 Å². The van der Waals surface area contributed by atoms with Gasteiger partial charge >= 0.3 is 0 Å². The van der Waals surface area contributed by atoms with Crippen LogP contribution in [0.3, 0.4) is 0 Å². The van der Waals surface area contributed by atoms with Gasteiger partial charge in [-0.05, 0) is 73.9 Å². The van der Waals surface area contributed by atoms with Gasteiger partial charge in [-0.3, -0.25) is 0 Å². The van der Waals surface area contributed by atoms with Crippen molar-refractivity contribution in [2.75, 3.05) is 0 Å². The second-order valence-electron chi connectivity index (χ2n) is 8.72. The first-order valence-electron chi connectivity index (χ1n) is 11.4. The lowest BCUT2D eigenvalue weighted by molar-refractivity contribution is 0.303. The Morgan fingerprint density at radius 3 is 2.18 bits per heavy atom. The van der Waals surface area contributed by atoms with E-state index >= 15 is 0 Å². The predicted octanol–water partition coefficient (Wildman–Crippen LogP) is 8.54. The second kappa shape index (κ2) is 11.6. The van der Waals surface area contributed by atoms with Crippen LogP contribution in [0.1, 0.15) is 86.5 Å². The van der Waals surface area contributed by atoms with Gasteiger partial charge in [0, 0.05) is 5.56 Å². The van der Waals surface area contributed by atoms with Crippen LogP contribution in [0.2, 0.25) is 0 Å². The van der Waals surface area contributed by atoms with Crippen LogP contribution in [-0.2, 0) is 0 Å². The maximum Gasteiger partial charge on any atom is 0.189 e. The summed E-state index contributed by atoms with van der Waals surface area (Å²) in [4.78, 5) is 3.06. The average molecular weight is 474 g/mol. The molecule has 0 bridgehead atoms. The first kappa shape index (κ1) is 25.1. The lowest BCUT2D eigenvalue weighted by atomic mass is 9.76. The molecule has 0 N–H and O–H groups in total. The molecule has 1 saturated carbocycles. The van der Waals surface area contributed by atoms with Crippen LogP contribution in [0, 0.1) is 48.0 Å². The number of rotatable bonds is 6. The van der Waals surface area contributed by atoms with Crippen molar-refractivity contribution in [3.8, 4) is 11.8 Å². The zero-order valence-electron chi connectivity index (χ0n) is 18.9. The summed E-state index contributed by atoms with van der Waals surface area (Å²) < 4.78 is 56.6. The molecule has 2 aromatic carbocycles. The Hall–Kier alpha value is -2.48. The van der Waals surface area contributed by atoms with Crippen LogP contribution in [0.25, 0.3) is 0 Å². The molecule has 0 radical (unpaired) electrons. The van der Waals surface area contributed by atoms with E-state index in [2.05, 4.69) is 42.0 Å². The highest BCUT2D eigenvalue weighted by molar-refractivity contribution is 7.78. The molecule has 0 atom stereocenters. The van der Waals surface area contributed by atoms with Gasteiger partial charge in [0.2, 0.25) is 0 Å². The number of hydrogen-bond donors (Lipinski definition) is 0. The van der Waals surface area contributed by atoms with Gasteiger partial charge in [-0.2, -0.15) is 4.99 Å². The van der Waals surface area contributed by atoms with Crippen molar-refractivity contribution in [2.24, 2.45) is 10.9 Å². The molecule has 33 heavy (non-hydrogen) atoms. The Bertz CT molecular complexity index is 1090. The Kier molecular flexibility index (Phi) is 8.83. The van der Waals surface area contributed by atoms with E-state index in [0.29, 0.717) is 11.5 Å². The minimum atomic E-state index is -1.65. The van der Waals surface area contributed by atoms with E-state index in [-0.39, 0.29) is 0 Å². The largest absolute Gasteiger partial charge is 0.202 e. The molecular formula is C27H27F4NS. The third-order valence-corrected chi connectivity index (χ3v) is 6.60. The third kappa shape index (κ3) is 5.91. The Labute approximate surface area is 198 Å². The first-order chi connectivity index (χ1) is 15.9. The Morgan fingerprint density at radius 2 is 1.61 bits per heavy atom. The molecule has 1 fully saturated rings. The van der Waals surface area contributed by atoms with E-state index in [1.54, 1.807) is 11.2 Å². The van der Waals surface area contributed by atoms with Crippen LogP contribution >= 0.6 is 12.2 Å². The van der Waals surface area contributed by atoms with Gasteiger partial charge in [0.05, 0.1) is 5.16 Å². The van der Waals surface area contributed by atoms with Crippen LogP contribution in [0.15, 0.2) is 23.2 Å². The fraction of sp³-hybridized carbons (Fsp3) is 0.444. The van der Waals surface area contributed by atoms with Crippen molar-refractivity contribution in [3.63, 3.8) is 0 Å². The van der Waals surface area contributed by atoms with Crippen molar-refractivity contribution in [2.45, 2.75) is 71.1 Å². The maximum atomic E-state index is 14.3. The fourth-order valence-corrected chi connectivity index (χ4v) is 4.64. The molecule has 1 aliphatic carbocycles. The number of thiocarbonyl (C=S) groups is 1. The van der Waals surface area contributed by atoms with Crippen LogP contribution in [-0.4, -0.2) is 5.16 Å². The quantitative estimate of drug-likeness (QED) is 0.102. The van der Waals surface area contributed by atoms with E-state index in [1.165, 1.54) is 44.1 Å². The number of aliphatic imine (C=N–C) groups is 1. The standard InChI is InChI=1S/C27H27F4NS/c1-3-4-5-6-18-7-9-20(10-8-18)21-12-11-19(17(2)15-21)13-14-22-23(28)25(30)27(32-16-33)26(31)24(22)29/h11-12,15,18,20H,3-10H2,1-2H3. The summed E-state index contributed by atoms with van der Waals surface area (Å²) >= 11 is 4.26.